The summed E-state index contributed by atoms with van der Waals surface area (Å²) < 4.78 is 19.5. The number of aryl methyl sites for hydroxylation is 1. The number of pyridine rings is 1. The predicted octanol–water partition coefficient (Wildman–Crippen LogP) is 6.81. The van der Waals surface area contributed by atoms with Crippen molar-refractivity contribution in [2.75, 3.05) is 32.3 Å². The highest BCUT2D eigenvalue weighted by molar-refractivity contribution is 6.74. The summed E-state index contributed by atoms with van der Waals surface area (Å²) in [4.78, 5) is 6.96. The molecule has 0 atom stereocenters. The van der Waals surface area contributed by atoms with Crippen molar-refractivity contribution in [3.8, 4) is 22.6 Å². The number of aromatic nitrogens is 3. The van der Waals surface area contributed by atoms with Crippen molar-refractivity contribution in [1.82, 2.24) is 14.8 Å². The lowest BCUT2D eigenvalue weighted by atomic mass is 10.1. The number of rotatable bonds is 9. The van der Waals surface area contributed by atoms with E-state index in [4.69, 9.17) is 18.9 Å². The molecule has 2 aromatic carbocycles. The average Bonchev–Trinajstić information content (AvgIpc) is 3.31. The number of nitrogens with zero attached hydrogens (tertiary/aromatic N) is 4. The van der Waals surface area contributed by atoms with Crippen LogP contribution in [-0.4, -0.2) is 50.5 Å². The largest absolute Gasteiger partial charge is 0.497 e. The lowest BCUT2D eigenvalue weighted by molar-refractivity contribution is 0.297. The van der Waals surface area contributed by atoms with Gasteiger partial charge in [-0.25, -0.2) is 0 Å². The van der Waals surface area contributed by atoms with Gasteiger partial charge in [0, 0.05) is 72.1 Å². The number of anilines is 2. The van der Waals surface area contributed by atoms with Gasteiger partial charge >= 0.3 is 0 Å². The molecule has 0 N–H and O–H groups in total. The summed E-state index contributed by atoms with van der Waals surface area (Å²) in [7, 11) is 3.37. The van der Waals surface area contributed by atoms with Gasteiger partial charge < -0.3 is 18.8 Å². The number of hydrogen-bond acceptors (Lipinski definition) is 6. The number of hydrogen-bond donors (Lipinski definition) is 0. The van der Waals surface area contributed by atoms with Crippen molar-refractivity contribution >= 4 is 30.6 Å². The van der Waals surface area contributed by atoms with Crippen LogP contribution in [0.15, 0.2) is 61.1 Å². The summed E-state index contributed by atoms with van der Waals surface area (Å²) in [6.07, 6.45) is 5.76. The molecule has 0 unspecified atom stereocenters. The molecule has 0 saturated heterocycles. The molecule has 0 saturated carbocycles. The van der Waals surface area contributed by atoms with E-state index in [1.807, 2.05) is 43.8 Å². The SMILES string of the molecule is COc1cc(OC)cc(N(CCO[Si](C)(C)C(C)(C)C)c2ccc3ncc(-c4cnn(C)c4)cc3c2)c1. The van der Waals surface area contributed by atoms with Crippen LogP contribution in [0.3, 0.4) is 0 Å². The van der Waals surface area contributed by atoms with Crippen LogP contribution < -0.4 is 14.4 Å². The van der Waals surface area contributed by atoms with Crippen LogP contribution in [0.5, 0.6) is 11.5 Å². The molecule has 0 aliphatic rings. The highest BCUT2D eigenvalue weighted by Crippen LogP contribution is 2.38. The average molecular weight is 519 g/mol. The Balaban J connectivity index is 1.73. The molecule has 4 rings (SSSR count). The quantitative estimate of drug-likeness (QED) is 0.227. The van der Waals surface area contributed by atoms with Gasteiger partial charge in [-0.1, -0.05) is 20.8 Å². The van der Waals surface area contributed by atoms with Crippen molar-refractivity contribution in [1.29, 1.82) is 0 Å². The zero-order chi connectivity index (χ0) is 26.8. The first-order valence-corrected chi connectivity index (χ1v) is 15.4. The van der Waals surface area contributed by atoms with Crippen LogP contribution in [0.25, 0.3) is 22.0 Å². The normalized spacial score (nSPS) is 12.1. The topological polar surface area (TPSA) is 61.6 Å². The first-order chi connectivity index (χ1) is 17.5. The van der Waals surface area contributed by atoms with E-state index in [0.29, 0.717) is 13.2 Å². The third-order valence-electron chi connectivity index (χ3n) is 7.25. The van der Waals surface area contributed by atoms with Gasteiger partial charge in [-0.2, -0.15) is 5.10 Å². The summed E-state index contributed by atoms with van der Waals surface area (Å²) in [5.74, 6) is 1.48. The molecule has 37 heavy (non-hydrogen) atoms. The number of fused-ring (bicyclic) bond motifs is 1. The summed E-state index contributed by atoms with van der Waals surface area (Å²) in [6, 6.07) is 14.5. The minimum atomic E-state index is -1.89. The molecule has 0 bridgehead atoms. The first-order valence-electron chi connectivity index (χ1n) is 12.5. The molecule has 2 aromatic heterocycles. The van der Waals surface area contributed by atoms with E-state index in [2.05, 4.69) is 68.1 Å². The Morgan fingerprint density at radius 2 is 1.59 bits per heavy atom. The van der Waals surface area contributed by atoms with Crippen LogP contribution >= 0.6 is 0 Å². The molecule has 4 aromatic rings. The molecule has 0 amide bonds. The maximum Gasteiger partial charge on any atom is 0.192 e. The molecule has 8 heteroatoms. The first kappa shape index (κ1) is 26.7. The van der Waals surface area contributed by atoms with Crippen LogP contribution in [0.2, 0.25) is 18.1 Å². The van der Waals surface area contributed by atoms with Gasteiger partial charge in [-0.15, -0.1) is 0 Å². The number of benzene rings is 2. The fourth-order valence-corrected chi connectivity index (χ4v) is 5.01. The Labute approximate surface area is 221 Å². The van der Waals surface area contributed by atoms with Gasteiger partial charge in [0.1, 0.15) is 11.5 Å². The second-order valence-corrected chi connectivity index (χ2v) is 15.6. The van der Waals surface area contributed by atoms with Crippen molar-refractivity contribution in [3.63, 3.8) is 0 Å². The van der Waals surface area contributed by atoms with Gasteiger partial charge in [-0.3, -0.25) is 9.67 Å². The summed E-state index contributed by atoms with van der Waals surface area (Å²) in [6.45, 7) is 12.7. The van der Waals surface area contributed by atoms with Crippen molar-refractivity contribution in [2.24, 2.45) is 7.05 Å². The van der Waals surface area contributed by atoms with E-state index in [9.17, 15) is 0 Å². The Hall–Kier alpha value is -3.36. The maximum absolute atomic E-state index is 6.56. The van der Waals surface area contributed by atoms with Gasteiger partial charge in [0.15, 0.2) is 8.32 Å². The number of ether oxygens (including phenoxy) is 2. The highest BCUT2D eigenvalue weighted by Gasteiger charge is 2.37. The standard InChI is InChI=1S/C29H38N4O3Si/c1-29(2,3)37(7,8)36-12-11-33(25-15-26(34-5)17-27(16-25)35-6)24-9-10-28-21(14-24)13-22(18-30-28)23-19-31-32(4)20-23/h9-10,13-20H,11-12H2,1-8H3. The van der Waals surface area contributed by atoms with Gasteiger partial charge in [0.2, 0.25) is 0 Å². The third-order valence-corrected chi connectivity index (χ3v) is 11.8. The Morgan fingerprint density at radius 3 is 2.19 bits per heavy atom. The lowest BCUT2D eigenvalue weighted by Crippen LogP contribution is -2.42. The summed E-state index contributed by atoms with van der Waals surface area (Å²) in [5.41, 5.74) is 5.04. The molecule has 0 aliphatic heterocycles. The Kier molecular flexibility index (Phi) is 7.61. The van der Waals surface area contributed by atoms with Gasteiger partial charge in [0.05, 0.1) is 32.5 Å². The maximum atomic E-state index is 6.56. The zero-order valence-electron chi connectivity index (χ0n) is 23.2. The van der Waals surface area contributed by atoms with E-state index in [1.165, 1.54) is 0 Å². The lowest BCUT2D eigenvalue weighted by Gasteiger charge is -2.37. The minimum Gasteiger partial charge on any atom is -0.497 e. The molecule has 7 nitrogen and oxygen atoms in total. The highest BCUT2D eigenvalue weighted by atomic mass is 28.4. The summed E-state index contributed by atoms with van der Waals surface area (Å²) >= 11 is 0. The molecule has 0 fully saturated rings. The fraction of sp³-hybridized carbons (Fsp3) is 0.379. The monoisotopic (exact) mass is 518 g/mol. The molecule has 2 heterocycles. The molecule has 196 valence electrons. The molecular formula is C29H38N4O3Si. The predicted molar refractivity (Wildman–Crippen MR) is 154 cm³/mol. The second kappa shape index (κ2) is 10.6. The second-order valence-electron chi connectivity index (χ2n) is 10.8. The molecular weight excluding hydrogens is 480 g/mol. The zero-order valence-corrected chi connectivity index (χ0v) is 24.2. The third kappa shape index (κ3) is 5.97. The van der Waals surface area contributed by atoms with E-state index >= 15 is 0 Å². The molecule has 0 aliphatic carbocycles. The Bertz CT molecular complexity index is 1360. The Morgan fingerprint density at radius 1 is 0.892 bits per heavy atom. The van der Waals surface area contributed by atoms with E-state index in [0.717, 1.165) is 44.9 Å². The molecule has 0 spiro atoms. The van der Waals surface area contributed by atoms with Crippen LogP contribution in [0.1, 0.15) is 20.8 Å². The minimum absolute atomic E-state index is 0.147. The van der Waals surface area contributed by atoms with Gasteiger partial charge in [-0.05, 0) is 42.4 Å². The smallest absolute Gasteiger partial charge is 0.192 e. The van der Waals surface area contributed by atoms with Crippen molar-refractivity contribution < 1.29 is 13.9 Å². The fourth-order valence-electron chi connectivity index (χ4n) is 3.98. The van der Waals surface area contributed by atoms with Gasteiger partial charge in [0.25, 0.3) is 0 Å². The molecule has 0 radical (unpaired) electrons. The van der Waals surface area contributed by atoms with E-state index in [1.54, 1.807) is 18.9 Å². The summed E-state index contributed by atoms with van der Waals surface area (Å²) in [5, 5.41) is 5.51. The van der Waals surface area contributed by atoms with Crippen LogP contribution in [-0.2, 0) is 11.5 Å². The van der Waals surface area contributed by atoms with E-state index < -0.39 is 8.32 Å². The van der Waals surface area contributed by atoms with E-state index in [-0.39, 0.29) is 5.04 Å². The number of methoxy groups -OCH3 is 2. The van der Waals surface area contributed by atoms with Crippen molar-refractivity contribution in [3.05, 3.63) is 61.1 Å². The van der Waals surface area contributed by atoms with Crippen LogP contribution in [0, 0.1) is 0 Å². The van der Waals surface area contributed by atoms with Crippen LogP contribution in [0.4, 0.5) is 11.4 Å². The van der Waals surface area contributed by atoms with Crippen molar-refractivity contribution in [2.45, 2.75) is 38.9 Å².